The highest BCUT2D eigenvalue weighted by Gasteiger charge is 2.38. The quantitative estimate of drug-likeness (QED) is 0.879. The van der Waals surface area contributed by atoms with Crippen LogP contribution in [-0.4, -0.2) is 32.7 Å². The van der Waals surface area contributed by atoms with Crippen LogP contribution >= 0.6 is 0 Å². The summed E-state index contributed by atoms with van der Waals surface area (Å²) in [5, 5.41) is 17.5. The predicted octanol–water partition coefficient (Wildman–Crippen LogP) is 3.52. The number of aromatic nitrogens is 2. The number of benzene rings is 1. The van der Waals surface area contributed by atoms with E-state index in [2.05, 4.69) is 15.1 Å². The molecular weight excluding hydrogens is 314 g/mol. The molecule has 1 amide bonds. The number of aromatic amines is 1. The lowest BCUT2D eigenvalue weighted by atomic mass is 9.81. The molecule has 2 heterocycles. The van der Waals surface area contributed by atoms with Crippen molar-refractivity contribution in [2.75, 3.05) is 6.54 Å². The van der Waals surface area contributed by atoms with E-state index in [9.17, 15) is 9.90 Å². The van der Waals surface area contributed by atoms with Gasteiger partial charge in [-0.15, -0.1) is 0 Å². The molecule has 1 fully saturated rings. The van der Waals surface area contributed by atoms with Crippen LogP contribution in [0.3, 0.4) is 0 Å². The molecule has 2 aromatic rings. The Morgan fingerprint density at radius 2 is 2.12 bits per heavy atom. The Morgan fingerprint density at radius 1 is 1.28 bits per heavy atom. The van der Waals surface area contributed by atoms with Crippen LogP contribution in [0.25, 0.3) is 0 Å². The summed E-state index contributed by atoms with van der Waals surface area (Å²) in [7, 11) is 0. The Labute approximate surface area is 148 Å². The molecule has 1 saturated heterocycles. The fourth-order valence-electron chi connectivity index (χ4n) is 4.67. The maximum absolute atomic E-state index is 13.4. The number of likely N-dealkylation sites (tertiary alicyclic amines) is 1. The Kier molecular flexibility index (Phi) is 4.02. The Hall–Kier alpha value is -2.30. The summed E-state index contributed by atoms with van der Waals surface area (Å²) in [5.41, 5.74) is 5.20. The van der Waals surface area contributed by atoms with Gasteiger partial charge in [-0.25, -0.2) is 0 Å². The number of carbonyl (C=O) groups excluding carboxylic acids is 1. The minimum atomic E-state index is -0.135. The zero-order chi connectivity index (χ0) is 17.6. The highest BCUT2D eigenvalue weighted by atomic mass is 16.3. The standard InChI is InChI=1S/C20H25N3O2/c1-12-19(13(2)22-21-12)17-9-5-11-23(17)20(25)16-8-3-7-15-14(16)6-4-10-18(15)24/h4,6,10,16-17,24H,3,5,7-9,11H2,1-2H3,(H,21,22). The molecule has 1 aromatic heterocycles. The van der Waals surface area contributed by atoms with Crippen LogP contribution < -0.4 is 0 Å². The molecular formula is C20H25N3O2. The van der Waals surface area contributed by atoms with Crippen molar-refractivity contribution in [3.05, 3.63) is 46.3 Å². The van der Waals surface area contributed by atoms with Gasteiger partial charge < -0.3 is 10.0 Å². The summed E-state index contributed by atoms with van der Waals surface area (Å²) >= 11 is 0. The van der Waals surface area contributed by atoms with Gasteiger partial charge in [-0.2, -0.15) is 5.10 Å². The number of nitrogens with zero attached hydrogens (tertiary/aromatic N) is 2. The number of hydrogen-bond donors (Lipinski definition) is 2. The van der Waals surface area contributed by atoms with E-state index >= 15 is 0 Å². The predicted molar refractivity (Wildman–Crippen MR) is 95.5 cm³/mol. The van der Waals surface area contributed by atoms with E-state index < -0.39 is 0 Å². The van der Waals surface area contributed by atoms with Crippen molar-refractivity contribution in [1.82, 2.24) is 15.1 Å². The monoisotopic (exact) mass is 339 g/mol. The van der Waals surface area contributed by atoms with Crippen LogP contribution in [0.2, 0.25) is 0 Å². The van der Waals surface area contributed by atoms with E-state index in [0.717, 1.165) is 61.2 Å². The third-order valence-corrected chi connectivity index (χ3v) is 5.83. The zero-order valence-electron chi connectivity index (χ0n) is 14.9. The van der Waals surface area contributed by atoms with Gasteiger partial charge in [0.15, 0.2) is 0 Å². The van der Waals surface area contributed by atoms with Gasteiger partial charge in [-0.05, 0) is 63.1 Å². The van der Waals surface area contributed by atoms with Crippen molar-refractivity contribution in [2.45, 2.75) is 57.9 Å². The number of fused-ring (bicyclic) bond motifs is 1. The Bertz CT molecular complexity index is 792. The first-order valence-electron chi connectivity index (χ1n) is 9.20. The zero-order valence-corrected chi connectivity index (χ0v) is 14.9. The molecule has 2 aliphatic rings. The van der Waals surface area contributed by atoms with E-state index in [1.54, 1.807) is 6.07 Å². The fraction of sp³-hybridized carbons (Fsp3) is 0.500. The third kappa shape index (κ3) is 2.62. The van der Waals surface area contributed by atoms with Crippen LogP contribution in [0.4, 0.5) is 0 Å². The Balaban J connectivity index is 1.67. The summed E-state index contributed by atoms with van der Waals surface area (Å²) in [6.45, 7) is 4.84. The van der Waals surface area contributed by atoms with Crippen LogP contribution in [0, 0.1) is 13.8 Å². The number of phenols is 1. The van der Waals surface area contributed by atoms with E-state index in [1.807, 2.05) is 26.0 Å². The summed E-state index contributed by atoms with van der Waals surface area (Å²) in [5.74, 6) is 0.396. The average molecular weight is 339 g/mol. The fourth-order valence-corrected chi connectivity index (χ4v) is 4.67. The number of carbonyl (C=O) groups is 1. The number of aromatic hydroxyl groups is 1. The second-order valence-corrected chi connectivity index (χ2v) is 7.33. The average Bonchev–Trinajstić information content (AvgIpc) is 3.20. The van der Waals surface area contributed by atoms with Crippen LogP contribution in [0.1, 0.15) is 65.7 Å². The molecule has 2 atom stereocenters. The molecule has 5 heteroatoms. The number of rotatable bonds is 2. The lowest BCUT2D eigenvalue weighted by Gasteiger charge is -2.32. The van der Waals surface area contributed by atoms with Crippen molar-refractivity contribution in [1.29, 1.82) is 0 Å². The molecule has 1 aromatic carbocycles. The molecule has 0 bridgehead atoms. The highest BCUT2D eigenvalue weighted by molar-refractivity contribution is 5.85. The molecule has 0 radical (unpaired) electrons. The smallest absolute Gasteiger partial charge is 0.230 e. The van der Waals surface area contributed by atoms with E-state index in [0.29, 0.717) is 5.75 Å². The first-order chi connectivity index (χ1) is 12.1. The van der Waals surface area contributed by atoms with Crippen molar-refractivity contribution in [3.63, 3.8) is 0 Å². The first-order valence-corrected chi connectivity index (χ1v) is 9.20. The number of aryl methyl sites for hydroxylation is 2. The van der Waals surface area contributed by atoms with Crippen LogP contribution in [0.15, 0.2) is 18.2 Å². The van der Waals surface area contributed by atoms with Crippen LogP contribution in [-0.2, 0) is 11.2 Å². The lowest BCUT2D eigenvalue weighted by molar-refractivity contribution is -0.134. The van der Waals surface area contributed by atoms with Crippen molar-refractivity contribution in [3.8, 4) is 5.75 Å². The molecule has 132 valence electrons. The SMILES string of the molecule is Cc1n[nH]c(C)c1C1CCCN1C(=O)C1CCCc2c(O)cccc21. The van der Waals surface area contributed by atoms with Gasteiger partial charge in [0.05, 0.1) is 17.7 Å². The van der Waals surface area contributed by atoms with Crippen molar-refractivity contribution < 1.29 is 9.90 Å². The first kappa shape index (κ1) is 16.2. The summed E-state index contributed by atoms with van der Waals surface area (Å²) in [4.78, 5) is 15.5. The molecule has 5 nitrogen and oxygen atoms in total. The van der Waals surface area contributed by atoms with Gasteiger partial charge in [-0.1, -0.05) is 12.1 Å². The minimum Gasteiger partial charge on any atom is -0.508 e. The van der Waals surface area contributed by atoms with Gasteiger partial charge in [0, 0.05) is 17.8 Å². The van der Waals surface area contributed by atoms with Gasteiger partial charge in [0.1, 0.15) is 5.75 Å². The Morgan fingerprint density at radius 3 is 2.88 bits per heavy atom. The topological polar surface area (TPSA) is 69.2 Å². The van der Waals surface area contributed by atoms with Crippen LogP contribution in [0.5, 0.6) is 5.75 Å². The van der Waals surface area contributed by atoms with Gasteiger partial charge in [0.25, 0.3) is 0 Å². The molecule has 0 saturated carbocycles. The van der Waals surface area contributed by atoms with Crippen molar-refractivity contribution >= 4 is 5.91 Å². The number of phenolic OH excluding ortho intramolecular Hbond substituents is 1. The molecule has 0 spiro atoms. The lowest BCUT2D eigenvalue weighted by Crippen LogP contribution is -2.36. The largest absolute Gasteiger partial charge is 0.508 e. The molecule has 25 heavy (non-hydrogen) atoms. The number of nitrogens with one attached hydrogen (secondary N) is 1. The maximum Gasteiger partial charge on any atom is 0.230 e. The summed E-state index contributed by atoms with van der Waals surface area (Å²) in [6.07, 6.45) is 4.69. The highest BCUT2D eigenvalue weighted by Crippen LogP contribution is 2.41. The van der Waals surface area contributed by atoms with E-state index in [4.69, 9.17) is 0 Å². The third-order valence-electron chi connectivity index (χ3n) is 5.83. The molecule has 1 aliphatic carbocycles. The summed E-state index contributed by atoms with van der Waals surface area (Å²) in [6, 6.07) is 5.71. The van der Waals surface area contributed by atoms with Gasteiger partial charge >= 0.3 is 0 Å². The van der Waals surface area contributed by atoms with Gasteiger partial charge in [0.2, 0.25) is 5.91 Å². The number of amides is 1. The number of H-pyrrole nitrogens is 1. The van der Waals surface area contributed by atoms with Gasteiger partial charge in [-0.3, -0.25) is 9.89 Å². The second-order valence-electron chi connectivity index (χ2n) is 7.33. The molecule has 4 rings (SSSR count). The maximum atomic E-state index is 13.4. The molecule has 2 unspecified atom stereocenters. The number of hydrogen-bond acceptors (Lipinski definition) is 3. The van der Waals surface area contributed by atoms with Crippen molar-refractivity contribution in [2.24, 2.45) is 0 Å². The van der Waals surface area contributed by atoms with E-state index in [-0.39, 0.29) is 17.9 Å². The second kappa shape index (κ2) is 6.21. The normalized spacial score (nSPS) is 22.9. The molecule has 1 aliphatic heterocycles. The molecule has 2 N–H and O–H groups in total. The minimum absolute atomic E-state index is 0.119. The summed E-state index contributed by atoms with van der Waals surface area (Å²) < 4.78 is 0. The van der Waals surface area contributed by atoms with E-state index in [1.165, 1.54) is 5.56 Å².